The number of rotatable bonds is 0. The molecule has 0 saturated carbocycles. The van der Waals surface area contributed by atoms with E-state index in [9.17, 15) is 0 Å². The van der Waals surface area contributed by atoms with Crippen LogP contribution in [0.2, 0.25) is 0 Å². The maximum atomic E-state index is 5.46. The van der Waals surface area contributed by atoms with E-state index in [0.29, 0.717) is 6.61 Å². The van der Waals surface area contributed by atoms with Crippen LogP contribution in [-0.4, -0.2) is 18.9 Å². The molecule has 2 N–H and O–H groups in total. The van der Waals surface area contributed by atoms with Crippen LogP contribution in [-0.2, 0) is 4.74 Å². The second kappa shape index (κ2) is 3.24. The average molecular weight is 202 g/mol. The summed E-state index contributed by atoms with van der Waals surface area (Å²) in [6.07, 6.45) is 3.65. The molecule has 2 unspecified atom stereocenters. The standard InChI is InChI=1S/C7H10N2OS2/c11-4-3-10-7-5(6(4)12)8-1-2-9-7/h1-2,5,7-9,11-12H,3H2. The third kappa shape index (κ3) is 1.32. The molecule has 66 valence electrons. The van der Waals surface area contributed by atoms with Crippen molar-refractivity contribution in [3.05, 3.63) is 22.2 Å². The summed E-state index contributed by atoms with van der Waals surface area (Å²) >= 11 is 8.62. The zero-order valence-corrected chi connectivity index (χ0v) is 8.11. The highest BCUT2D eigenvalue weighted by atomic mass is 32.1. The van der Waals surface area contributed by atoms with Crippen molar-refractivity contribution < 1.29 is 4.74 Å². The summed E-state index contributed by atoms with van der Waals surface area (Å²) in [5, 5.41) is 6.24. The minimum Gasteiger partial charge on any atom is -0.378 e. The molecule has 0 aromatic rings. The van der Waals surface area contributed by atoms with Gasteiger partial charge in [-0.15, -0.1) is 25.3 Å². The van der Waals surface area contributed by atoms with Crippen LogP contribution in [0.3, 0.4) is 0 Å². The highest BCUT2D eigenvalue weighted by Gasteiger charge is 2.29. The number of ether oxygens (including phenoxy) is 1. The van der Waals surface area contributed by atoms with Crippen LogP contribution < -0.4 is 10.6 Å². The SMILES string of the molecule is SC1=C(S)C2NC=CNC2OC1. The lowest BCUT2D eigenvalue weighted by molar-refractivity contribution is 0.0279. The van der Waals surface area contributed by atoms with Crippen molar-refractivity contribution in [2.45, 2.75) is 12.3 Å². The molecule has 0 aromatic heterocycles. The zero-order chi connectivity index (χ0) is 8.55. The first-order valence-electron chi connectivity index (χ1n) is 3.69. The lowest BCUT2D eigenvalue weighted by Crippen LogP contribution is -2.52. The van der Waals surface area contributed by atoms with Gasteiger partial charge in [-0.1, -0.05) is 0 Å². The fourth-order valence-electron chi connectivity index (χ4n) is 1.27. The predicted molar refractivity (Wildman–Crippen MR) is 53.9 cm³/mol. The summed E-state index contributed by atoms with van der Waals surface area (Å²) in [6, 6.07) is 0.0968. The van der Waals surface area contributed by atoms with Crippen LogP contribution in [0.1, 0.15) is 0 Å². The molecule has 0 radical (unpaired) electrons. The molecule has 0 aliphatic carbocycles. The van der Waals surface area contributed by atoms with Gasteiger partial charge in [0.15, 0.2) is 6.23 Å². The summed E-state index contributed by atoms with van der Waals surface area (Å²) in [5.74, 6) is 0. The average Bonchev–Trinajstić information content (AvgIpc) is 2.12. The second-order valence-electron chi connectivity index (χ2n) is 2.71. The molecule has 12 heavy (non-hydrogen) atoms. The maximum Gasteiger partial charge on any atom is 0.152 e. The van der Waals surface area contributed by atoms with Gasteiger partial charge >= 0.3 is 0 Å². The fourth-order valence-corrected chi connectivity index (χ4v) is 1.76. The Hall–Kier alpha value is -0.260. The molecule has 0 spiro atoms. The Morgan fingerprint density at radius 3 is 2.92 bits per heavy atom. The molecule has 2 aliphatic rings. The molecule has 0 fully saturated rings. The van der Waals surface area contributed by atoms with Crippen LogP contribution in [0.25, 0.3) is 0 Å². The molecule has 0 bridgehead atoms. The highest BCUT2D eigenvalue weighted by Crippen LogP contribution is 2.26. The van der Waals surface area contributed by atoms with E-state index in [1.54, 1.807) is 0 Å². The molecule has 5 heteroatoms. The molecule has 2 heterocycles. The minimum atomic E-state index is -0.0154. The number of fused-ring (bicyclic) bond motifs is 1. The van der Waals surface area contributed by atoms with Gasteiger partial charge in [0.1, 0.15) is 6.04 Å². The Kier molecular flexibility index (Phi) is 2.25. The number of hydrogen-bond donors (Lipinski definition) is 4. The summed E-state index contributed by atoms with van der Waals surface area (Å²) in [7, 11) is 0. The van der Waals surface area contributed by atoms with E-state index in [1.165, 1.54) is 0 Å². The van der Waals surface area contributed by atoms with Gasteiger partial charge in [0.05, 0.1) is 6.61 Å². The lowest BCUT2D eigenvalue weighted by atomic mass is 10.2. The van der Waals surface area contributed by atoms with Crippen molar-refractivity contribution in [3.63, 3.8) is 0 Å². The smallest absolute Gasteiger partial charge is 0.152 e. The van der Waals surface area contributed by atoms with Crippen molar-refractivity contribution in [1.82, 2.24) is 10.6 Å². The number of hydrogen-bond acceptors (Lipinski definition) is 5. The lowest BCUT2D eigenvalue weighted by Gasteiger charge is -2.35. The van der Waals surface area contributed by atoms with Crippen molar-refractivity contribution in [1.29, 1.82) is 0 Å². The minimum absolute atomic E-state index is 0.0154. The van der Waals surface area contributed by atoms with Crippen LogP contribution in [0.4, 0.5) is 0 Å². The van der Waals surface area contributed by atoms with Gasteiger partial charge in [-0.2, -0.15) is 0 Å². The number of nitrogens with one attached hydrogen (secondary N) is 2. The van der Waals surface area contributed by atoms with E-state index in [2.05, 4.69) is 35.9 Å². The van der Waals surface area contributed by atoms with E-state index >= 15 is 0 Å². The molecule has 2 aliphatic heterocycles. The van der Waals surface area contributed by atoms with Crippen LogP contribution >= 0.6 is 25.3 Å². The van der Waals surface area contributed by atoms with Gasteiger partial charge in [-0.25, -0.2) is 0 Å². The molecule has 3 nitrogen and oxygen atoms in total. The Labute approximate surface area is 82.1 Å². The summed E-state index contributed by atoms with van der Waals surface area (Å²) < 4.78 is 5.46. The normalized spacial score (nSPS) is 33.8. The van der Waals surface area contributed by atoms with E-state index in [4.69, 9.17) is 4.74 Å². The summed E-state index contributed by atoms with van der Waals surface area (Å²) in [6.45, 7) is 0.533. The fraction of sp³-hybridized carbons (Fsp3) is 0.429. The Bertz CT molecular complexity index is 252. The third-order valence-corrected chi connectivity index (χ3v) is 3.01. The predicted octanol–water partition coefficient (Wildman–Crippen LogP) is 0.447. The van der Waals surface area contributed by atoms with E-state index < -0.39 is 0 Å². The zero-order valence-electron chi connectivity index (χ0n) is 6.32. The van der Waals surface area contributed by atoms with Gasteiger partial charge < -0.3 is 15.4 Å². The first kappa shape index (κ1) is 8.34. The Morgan fingerprint density at radius 1 is 1.33 bits per heavy atom. The molecular formula is C7H10N2OS2. The van der Waals surface area contributed by atoms with Crippen LogP contribution in [0.15, 0.2) is 22.2 Å². The Morgan fingerprint density at radius 2 is 2.08 bits per heavy atom. The third-order valence-electron chi connectivity index (χ3n) is 1.91. The quantitative estimate of drug-likeness (QED) is 0.430. The van der Waals surface area contributed by atoms with E-state index in [-0.39, 0.29) is 12.3 Å². The van der Waals surface area contributed by atoms with Crippen molar-refractivity contribution >= 4 is 25.3 Å². The van der Waals surface area contributed by atoms with Gasteiger partial charge in [0.2, 0.25) is 0 Å². The number of thiol groups is 2. The molecule has 2 rings (SSSR count). The van der Waals surface area contributed by atoms with Gasteiger partial charge in [-0.05, 0) is 0 Å². The second-order valence-corrected chi connectivity index (χ2v) is 3.73. The van der Waals surface area contributed by atoms with Crippen molar-refractivity contribution in [2.75, 3.05) is 6.61 Å². The van der Waals surface area contributed by atoms with Gasteiger partial charge in [0.25, 0.3) is 0 Å². The van der Waals surface area contributed by atoms with Gasteiger partial charge in [-0.3, -0.25) is 0 Å². The molecule has 2 atom stereocenters. The molecule has 0 saturated heterocycles. The van der Waals surface area contributed by atoms with E-state index in [0.717, 1.165) is 9.81 Å². The van der Waals surface area contributed by atoms with E-state index in [1.807, 2.05) is 12.4 Å². The summed E-state index contributed by atoms with van der Waals surface area (Å²) in [5.41, 5.74) is 0. The van der Waals surface area contributed by atoms with Crippen LogP contribution in [0.5, 0.6) is 0 Å². The first-order chi connectivity index (χ1) is 5.79. The largest absolute Gasteiger partial charge is 0.378 e. The molecule has 0 amide bonds. The Balaban J connectivity index is 2.24. The molecular weight excluding hydrogens is 192 g/mol. The monoisotopic (exact) mass is 202 g/mol. The van der Waals surface area contributed by atoms with Gasteiger partial charge in [0, 0.05) is 22.2 Å². The summed E-state index contributed by atoms with van der Waals surface area (Å²) in [4.78, 5) is 1.84. The maximum absolute atomic E-state index is 5.46. The van der Waals surface area contributed by atoms with Crippen LogP contribution in [0, 0.1) is 0 Å². The first-order valence-corrected chi connectivity index (χ1v) is 4.58. The van der Waals surface area contributed by atoms with Crippen molar-refractivity contribution in [3.8, 4) is 0 Å². The topological polar surface area (TPSA) is 33.3 Å². The highest BCUT2D eigenvalue weighted by molar-refractivity contribution is 7.88. The van der Waals surface area contributed by atoms with Crippen molar-refractivity contribution in [2.24, 2.45) is 0 Å². The molecule has 0 aromatic carbocycles.